The standard InChI is InChI=1S/C11H14N4O5S/c12-9-3-2-8(15(17)18)5-10(9)21(19,20)14-7-1-4-11(16)13-6-7/h2-3,5,7,14H,1,4,6,12H2,(H,13,16). The molecule has 1 aromatic rings. The lowest BCUT2D eigenvalue weighted by molar-refractivity contribution is -0.385. The lowest BCUT2D eigenvalue weighted by Crippen LogP contribution is -2.47. The molecule has 1 heterocycles. The number of nitrogens with two attached hydrogens (primary N) is 1. The highest BCUT2D eigenvalue weighted by Crippen LogP contribution is 2.24. The Balaban J connectivity index is 2.25. The van der Waals surface area contributed by atoms with Crippen molar-refractivity contribution in [1.82, 2.24) is 10.0 Å². The number of piperidine rings is 1. The Morgan fingerprint density at radius 3 is 2.71 bits per heavy atom. The largest absolute Gasteiger partial charge is 0.398 e. The normalized spacial score (nSPS) is 19.0. The molecule has 1 atom stereocenters. The molecule has 1 saturated heterocycles. The lowest BCUT2D eigenvalue weighted by Gasteiger charge is -2.23. The number of nitrogens with one attached hydrogen (secondary N) is 2. The van der Waals surface area contributed by atoms with Crippen molar-refractivity contribution >= 4 is 27.3 Å². The van der Waals surface area contributed by atoms with Gasteiger partial charge < -0.3 is 11.1 Å². The Morgan fingerprint density at radius 1 is 1.43 bits per heavy atom. The van der Waals surface area contributed by atoms with Crippen LogP contribution in [0.1, 0.15) is 12.8 Å². The van der Waals surface area contributed by atoms with Gasteiger partial charge in [0.05, 0.1) is 10.6 Å². The van der Waals surface area contributed by atoms with E-state index in [1.54, 1.807) is 0 Å². The first kappa shape index (κ1) is 15.2. The number of non-ortho nitro benzene ring substituents is 1. The number of benzene rings is 1. The average Bonchev–Trinajstić information content (AvgIpc) is 2.41. The number of nitrogens with zero attached hydrogens (tertiary/aromatic N) is 1. The zero-order chi connectivity index (χ0) is 15.6. The first-order valence-electron chi connectivity index (χ1n) is 6.12. The van der Waals surface area contributed by atoms with E-state index in [4.69, 9.17) is 5.73 Å². The van der Waals surface area contributed by atoms with Gasteiger partial charge in [-0.25, -0.2) is 13.1 Å². The summed E-state index contributed by atoms with van der Waals surface area (Å²) in [5, 5.41) is 13.3. The van der Waals surface area contributed by atoms with Crippen molar-refractivity contribution in [1.29, 1.82) is 0 Å². The molecule has 10 heteroatoms. The second-order valence-corrected chi connectivity index (χ2v) is 6.32. The summed E-state index contributed by atoms with van der Waals surface area (Å²) < 4.78 is 26.9. The number of nitro benzene ring substituents is 1. The second kappa shape index (κ2) is 5.66. The monoisotopic (exact) mass is 314 g/mol. The van der Waals surface area contributed by atoms with Gasteiger partial charge in [0.1, 0.15) is 4.90 Å². The highest BCUT2D eigenvalue weighted by molar-refractivity contribution is 7.89. The Labute approximate surface area is 120 Å². The molecule has 9 nitrogen and oxygen atoms in total. The van der Waals surface area contributed by atoms with Gasteiger partial charge in [-0.2, -0.15) is 0 Å². The molecule has 0 bridgehead atoms. The fourth-order valence-electron chi connectivity index (χ4n) is 1.99. The SMILES string of the molecule is Nc1ccc([N+](=O)[O-])cc1S(=O)(=O)NC1CCC(=O)NC1. The molecular weight excluding hydrogens is 300 g/mol. The summed E-state index contributed by atoms with van der Waals surface area (Å²) in [5.74, 6) is -0.139. The van der Waals surface area contributed by atoms with Crippen LogP contribution in [-0.4, -0.2) is 31.8 Å². The predicted octanol–water partition coefficient (Wildman–Crippen LogP) is -0.266. The number of nitrogen functional groups attached to an aromatic ring is 1. The molecule has 1 amide bonds. The van der Waals surface area contributed by atoms with Crippen LogP contribution >= 0.6 is 0 Å². The van der Waals surface area contributed by atoms with Gasteiger partial charge in [-0.05, 0) is 12.5 Å². The van der Waals surface area contributed by atoms with Gasteiger partial charge in [0, 0.05) is 31.1 Å². The zero-order valence-electron chi connectivity index (χ0n) is 10.9. The van der Waals surface area contributed by atoms with Crippen LogP contribution in [0.5, 0.6) is 0 Å². The quantitative estimate of drug-likeness (QED) is 0.396. The summed E-state index contributed by atoms with van der Waals surface area (Å²) in [6, 6.07) is 2.76. The summed E-state index contributed by atoms with van der Waals surface area (Å²) in [6.07, 6.45) is 0.581. The third-order valence-electron chi connectivity index (χ3n) is 3.08. The van der Waals surface area contributed by atoms with E-state index in [1.165, 1.54) is 6.07 Å². The van der Waals surface area contributed by atoms with Crippen LogP contribution in [0.15, 0.2) is 23.1 Å². The van der Waals surface area contributed by atoms with Crippen molar-refractivity contribution in [2.45, 2.75) is 23.8 Å². The van der Waals surface area contributed by atoms with Gasteiger partial charge in [0.25, 0.3) is 5.69 Å². The molecule has 21 heavy (non-hydrogen) atoms. The van der Waals surface area contributed by atoms with E-state index in [1.807, 2.05) is 0 Å². The smallest absolute Gasteiger partial charge is 0.270 e. The number of amides is 1. The molecular formula is C11H14N4O5S. The van der Waals surface area contributed by atoms with E-state index in [9.17, 15) is 23.3 Å². The van der Waals surface area contributed by atoms with Crippen molar-refractivity contribution in [2.24, 2.45) is 0 Å². The van der Waals surface area contributed by atoms with E-state index in [0.717, 1.165) is 12.1 Å². The van der Waals surface area contributed by atoms with Gasteiger partial charge in [0.2, 0.25) is 15.9 Å². The number of carbonyl (C=O) groups is 1. The van der Waals surface area contributed by atoms with Crippen LogP contribution in [0, 0.1) is 10.1 Å². The number of anilines is 1. The highest BCUT2D eigenvalue weighted by atomic mass is 32.2. The topological polar surface area (TPSA) is 144 Å². The average molecular weight is 314 g/mol. The third-order valence-corrected chi connectivity index (χ3v) is 4.66. The van der Waals surface area contributed by atoms with Gasteiger partial charge >= 0.3 is 0 Å². The van der Waals surface area contributed by atoms with Crippen LogP contribution in [0.25, 0.3) is 0 Å². The van der Waals surface area contributed by atoms with Crippen molar-refractivity contribution in [2.75, 3.05) is 12.3 Å². The van der Waals surface area contributed by atoms with Gasteiger partial charge in [-0.1, -0.05) is 0 Å². The molecule has 0 aromatic heterocycles. The van der Waals surface area contributed by atoms with Crippen LogP contribution in [-0.2, 0) is 14.8 Å². The Hall–Kier alpha value is -2.20. The number of sulfonamides is 1. The summed E-state index contributed by atoms with van der Waals surface area (Å²) >= 11 is 0. The first-order valence-corrected chi connectivity index (χ1v) is 7.61. The minimum absolute atomic E-state index is 0.0760. The van der Waals surface area contributed by atoms with Crippen LogP contribution in [0.4, 0.5) is 11.4 Å². The Kier molecular flexibility index (Phi) is 4.09. The number of rotatable bonds is 4. The number of nitro groups is 1. The van der Waals surface area contributed by atoms with E-state index in [-0.39, 0.29) is 35.1 Å². The van der Waals surface area contributed by atoms with Crippen LogP contribution < -0.4 is 15.8 Å². The lowest BCUT2D eigenvalue weighted by atomic mass is 10.1. The van der Waals surface area contributed by atoms with E-state index in [2.05, 4.69) is 10.0 Å². The van der Waals surface area contributed by atoms with Gasteiger partial charge in [-0.15, -0.1) is 0 Å². The van der Waals surface area contributed by atoms with E-state index >= 15 is 0 Å². The second-order valence-electron chi connectivity index (χ2n) is 4.64. The van der Waals surface area contributed by atoms with E-state index in [0.29, 0.717) is 6.42 Å². The fraction of sp³-hybridized carbons (Fsp3) is 0.364. The van der Waals surface area contributed by atoms with Crippen molar-refractivity contribution in [3.63, 3.8) is 0 Å². The maximum absolute atomic E-state index is 12.3. The molecule has 2 rings (SSSR count). The highest BCUT2D eigenvalue weighted by Gasteiger charge is 2.26. The summed E-state index contributed by atoms with van der Waals surface area (Å²) in [7, 11) is -3.99. The molecule has 1 aromatic carbocycles. The maximum atomic E-state index is 12.3. The van der Waals surface area contributed by atoms with Crippen molar-refractivity contribution in [3.05, 3.63) is 28.3 Å². The van der Waals surface area contributed by atoms with E-state index < -0.39 is 21.0 Å². The molecule has 0 radical (unpaired) electrons. The molecule has 1 aliphatic rings. The first-order chi connectivity index (χ1) is 9.79. The summed E-state index contributed by atoms with van der Waals surface area (Å²) in [5.41, 5.74) is 5.16. The fourth-order valence-corrected chi connectivity index (χ4v) is 3.41. The Morgan fingerprint density at radius 2 is 2.14 bits per heavy atom. The minimum Gasteiger partial charge on any atom is -0.398 e. The molecule has 114 valence electrons. The van der Waals surface area contributed by atoms with Crippen molar-refractivity contribution < 1.29 is 18.1 Å². The summed E-state index contributed by atoms with van der Waals surface area (Å²) in [4.78, 5) is 20.7. The Bertz CT molecular complexity index is 678. The van der Waals surface area contributed by atoms with Crippen LogP contribution in [0.2, 0.25) is 0 Å². The molecule has 1 aliphatic heterocycles. The van der Waals surface area contributed by atoms with Gasteiger partial charge in [0.15, 0.2) is 0 Å². The van der Waals surface area contributed by atoms with Gasteiger partial charge in [-0.3, -0.25) is 14.9 Å². The number of carbonyl (C=O) groups excluding carboxylic acids is 1. The molecule has 0 saturated carbocycles. The number of hydrogen-bond acceptors (Lipinski definition) is 6. The molecule has 4 N–H and O–H groups in total. The van der Waals surface area contributed by atoms with Crippen molar-refractivity contribution in [3.8, 4) is 0 Å². The summed E-state index contributed by atoms with van der Waals surface area (Å²) in [6.45, 7) is 0.174. The zero-order valence-corrected chi connectivity index (χ0v) is 11.7. The van der Waals surface area contributed by atoms with Crippen LogP contribution in [0.3, 0.4) is 0 Å². The third kappa shape index (κ3) is 3.47. The molecule has 0 aliphatic carbocycles. The molecule has 1 unspecified atom stereocenters. The molecule has 1 fully saturated rings. The molecule has 0 spiro atoms. The maximum Gasteiger partial charge on any atom is 0.270 e. The number of hydrogen-bond donors (Lipinski definition) is 3. The predicted molar refractivity (Wildman–Crippen MR) is 73.9 cm³/mol. The minimum atomic E-state index is -3.99.